The third-order valence-corrected chi connectivity index (χ3v) is 17.1. The van der Waals surface area contributed by atoms with E-state index in [4.69, 9.17) is 4.42 Å². The van der Waals surface area contributed by atoms with Crippen LogP contribution in [0.25, 0.3) is 76.9 Å². The first-order valence-corrected chi connectivity index (χ1v) is 21.9. The average Bonchev–Trinajstić information content (AvgIpc) is 3.96. The van der Waals surface area contributed by atoms with Gasteiger partial charge in [0.05, 0.1) is 27.8 Å². The van der Waals surface area contributed by atoms with Crippen molar-refractivity contribution in [3.8, 4) is 11.4 Å². The summed E-state index contributed by atoms with van der Waals surface area (Å²) in [5.41, 5.74) is 8.64. The van der Waals surface area contributed by atoms with Gasteiger partial charge in [-0.2, -0.15) is 0 Å². The van der Waals surface area contributed by atoms with Gasteiger partial charge >= 0.3 is 0 Å². The highest BCUT2D eigenvalue weighted by molar-refractivity contribution is 7.20. The first-order chi connectivity index (χ1) is 28.8. The van der Waals surface area contributed by atoms with Gasteiger partial charge < -0.3 is 13.6 Å². The van der Waals surface area contributed by atoms with Crippen molar-refractivity contribution in [2.75, 3.05) is 0 Å². The number of furan rings is 1. The second-order valence-corrected chi connectivity index (χ2v) is 19.0. The summed E-state index contributed by atoms with van der Waals surface area (Å²) in [7, 11) is -2.92. The van der Waals surface area contributed by atoms with Gasteiger partial charge in [-0.3, -0.25) is 0 Å². The summed E-state index contributed by atoms with van der Waals surface area (Å²) in [5.74, 6) is 0. The minimum Gasteiger partial charge on any atom is -0.454 e. The molecular weight excluding hydrogens is 721 g/mol. The Balaban J connectivity index is 1.18. The standard InChI is InChI=1S/C54H36N2OSi/c1-4-18-38(19-5-1)58(39-20-6-2-7-21-39,40-22-8-3-9-23-40)52-35-34-50(54-53(52)44-27-13-17-31-51(44)57-54)56-48-30-16-12-26-43(48)45-36-37(32-33-49(45)56)55-46-28-14-10-24-41(46)42-25-11-15-29-47(42)55/h1-36H. The van der Waals surface area contributed by atoms with Crippen molar-refractivity contribution in [1.82, 2.24) is 9.13 Å². The molecule has 0 aliphatic rings. The maximum Gasteiger partial charge on any atom is 0.180 e. The zero-order chi connectivity index (χ0) is 38.2. The first kappa shape index (κ1) is 32.8. The van der Waals surface area contributed by atoms with Crippen molar-refractivity contribution in [1.29, 1.82) is 0 Å². The van der Waals surface area contributed by atoms with Gasteiger partial charge in [-0.25, -0.2) is 0 Å². The lowest BCUT2D eigenvalue weighted by Crippen LogP contribution is -2.74. The lowest BCUT2D eigenvalue weighted by Gasteiger charge is -2.35. The Morgan fingerprint density at radius 3 is 1.36 bits per heavy atom. The van der Waals surface area contributed by atoms with Gasteiger partial charge in [0.15, 0.2) is 13.7 Å². The molecule has 0 unspecified atom stereocenters. The van der Waals surface area contributed by atoms with E-state index >= 15 is 0 Å². The molecule has 4 heteroatoms. The van der Waals surface area contributed by atoms with Gasteiger partial charge in [-0.15, -0.1) is 0 Å². The van der Waals surface area contributed by atoms with E-state index < -0.39 is 8.07 Å². The van der Waals surface area contributed by atoms with Crippen LogP contribution in [-0.4, -0.2) is 17.2 Å². The Morgan fingerprint density at radius 2 is 0.793 bits per heavy atom. The molecule has 0 fully saturated rings. The van der Waals surface area contributed by atoms with Crippen LogP contribution < -0.4 is 20.7 Å². The Bertz CT molecular complexity index is 3360. The predicted octanol–water partition coefficient (Wildman–Crippen LogP) is 11.2. The van der Waals surface area contributed by atoms with E-state index in [1.54, 1.807) is 0 Å². The summed E-state index contributed by atoms with van der Waals surface area (Å²) in [6.07, 6.45) is 0. The number of hydrogen-bond donors (Lipinski definition) is 0. The summed E-state index contributed by atoms with van der Waals surface area (Å²) in [5, 5.41) is 12.5. The minimum absolute atomic E-state index is 0.887. The second-order valence-electron chi connectivity index (χ2n) is 15.2. The molecule has 0 radical (unpaired) electrons. The monoisotopic (exact) mass is 756 g/mol. The quantitative estimate of drug-likeness (QED) is 0.122. The second kappa shape index (κ2) is 12.8. The zero-order valence-electron chi connectivity index (χ0n) is 31.6. The zero-order valence-corrected chi connectivity index (χ0v) is 32.6. The van der Waals surface area contributed by atoms with E-state index in [-0.39, 0.29) is 0 Å². The molecule has 3 heterocycles. The molecule has 0 N–H and O–H groups in total. The van der Waals surface area contributed by atoms with E-state index in [1.165, 1.54) is 58.7 Å². The van der Waals surface area contributed by atoms with E-state index in [2.05, 4.69) is 228 Å². The Morgan fingerprint density at radius 1 is 0.345 bits per heavy atom. The van der Waals surface area contributed by atoms with E-state index in [1.807, 2.05) is 0 Å². The summed E-state index contributed by atoms with van der Waals surface area (Å²) in [6, 6.07) is 80.0. The third-order valence-electron chi connectivity index (χ3n) is 12.3. The van der Waals surface area contributed by atoms with E-state index in [0.717, 1.165) is 39.0 Å². The molecule has 0 amide bonds. The predicted molar refractivity (Wildman–Crippen MR) is 246 cm³/mol. The van der Waals surface area contributed by atoms with Crippen LogP contribution in [0.4, 0.5) is 0 Å². The molecule has 0 saturated carbocycles. The fourth-order valence-electron chi connectivity index (χ4n) is 9.89. The summed E-state index contributed by atoms with van der Waals surface area (Å²) >= 11 is 0. The molecule has 272 valence electrons. The van der Waals surface area contributed by atoms with Crippen molar-refractivity contribution >= 4 is 94.4 Å². The highest BCUT2D eigenvalue weighted by atomic mass is 28.3. The normalized spacial score (nSPS) is 12.1. The maximum absolute atomic E-state index is 7.12. The van der Waals surface area contributed by atoms with Crippen LogP contribution in [0.15, 0.2) is 223 Å². The SMILES string of the molecule is c1ccc([Si](c2ccccc2)(c2ccccc2)c2ccc(-n3c4ccccc4c4cc(-n5c6ccccc6c6ccccc65)ccc43)c3oc4ccccc4c23)cc1. The van der Waals surface area contributed by atoms with Crippen LogP contribution in [-0.2, 0) is 0 Å². The van der Waals surface area contributed by atoms with Crippen LogP contribution in [0.5, 0.6) is 0 Å². The number of rotatable bonds is 6. The minimum atomic E-state index is -2.92. The lowest BCUT2D eigenvalue weighted by molar-refractivity contribution is 0.666. The largest absolute Gasteiger partial charge is 0.454 e. The molecule has 0 aliphatic carbocycles. The van der Waals surface area contributed by atoms with Crippen molar-refractivity contribution in [2.24, 2.45) is 0 Å². The van der Waals surface area contributed by atoms with Gasteiger partial charge in [-0.05, 0) is 69.3 Å². The number of hydrogen-bond acceptors (Lipinski definition) is 1. The Kier molecular flexibility index (Phi) is 7.25. The number of aromatic nitrogens is 2. The van der Waals surface area contributed by atoms with Crippen LogP contribution >= 0.6 is 0 Å². The fraction of sp³-hybridized carbons (Fsp3) is 0. The number of fused-ring (bicyclic) bond motifs is 9. The van der Waals surface area contributed by atoms with Crippen LogP contribution in [0.1, 0.15) is 0 Å². The van der Waals surface area contributed by atoms with Gasteiger partial charge in [0, 0.05) is 38.0 Å². The van der Waals surface area contributed by atoms with Crippen LogP contribution in [0.3, 0.4) is 0 Å². The number of benzene rings is 9. The molecule has 0 aliphatic heterocycles. The maximum atomic E-state index is 7.12. The topological polar surface area (TPSA) is 23.0 Å². The lowest BCUT2D eigenvalue weighted by atomic mass is 10.1. The highest BCUT2D eigenvalue weighted by Gasteiger charge is 2.43. The molecule has 0 atom stereocenters. The highest BCUT2D eigenvalue weighted by Crippen LogP contribution is 2.40. The van der Waals surface area contributed by atoms with Gasteiger partial charge in [0.25, 0.3) is 0 Å². The number of nitrogens with zero attached hydrogens (tertiary/aromatic N) is 2. The molecule has 3 aromatic heterocycles. The smallest absolute Gasteiger partial charge is 0.180 e. The molecule has 0 spiro atoms. The summed E-state index contributed by atoms with van der Waals surface area (Å²) in [6.45, 7) is 0. The first-order valence-electron chi connectivity index (χ1n) is 19.9. The van der Waals surface area contributed by atoms with E-state index in [0.29, 0.717) is 0 Å². The van der Waals surface area contributed by atoms with Gasteiger partial charge in [0.2, 0.25) is 0 Å². The Hall–Kier alpha value is -7.40. The van der Waals surface area contributed by atoms with Gasteiger partial charge in [0.1, 0.15) is 5.58 Å². The summed E-state index contributed by atoms with van der Waals surface area (Å²) in [4.78, 5) is 0. The Labute approximate surface area is 336 Å². The van der Waals surface area contributed by atoms with Crippen LogP contribution in [0.2, 0.25) is 0 Å². The van der Waals surface area contributed by atoms with E-state index in [9.17, 15) is 0 Å². The molecule has 9 aromatic carbocycles. The number of para-hydroxylation sites is 4. The van der Waals surface area contributed by atoms with Crippen molar-refractivity contribution in [3.63, 3.8) is 0 Å². The molecule has 58 heavy (non-hydrogen) atoms. The molecule has 0 bridgehead atoms. The molecule has 3 nitrogen and oxygen atoms in total. The van der Waals surface area contributed by atoms with Crippen molar-refractivity contribution in [3.05, 3.63) is 218 Å². The summed E-state index contributed by atoms with van der Waals surface area (Å²) < 4.78 is 12.0. The molecule has 12 rings (SSSR count). The molecule has 12 aromatic rings. The van der Waals surface area contributed by atoms with Crippen LogP contribution in [0, 0.1) is 0 Å². The average molecular weight is 757 g/mol. The third kappa shape index (κ3) is 4.61. The van der Waals surface area contributed by atoms with Gasteiger partial charge in [-0.1, -0.05) is 170 Å². The molecular formula is C54H36N2OSi. The van der Waals surface area contributed by atoms with Crippen molar-refractivity contribution < 1.29 is 4.42 Å². The molecule has 0 saturated heterocycles. The fourth-order valence-corrected chi connectivity index (χ4v) is 14.9. The van der Waals surface area contributed by atoms with Crippen molar-refractivity contribution in [2.45, 2.75) is 0 Å².